The summed E-state index contributed by atoms with van der Waals surface area (Å²) in [6.45, 7) is 0. The van der Waals surface area contributed by atoms with Crippen LogP contribution in [0, 0.1) is 0 Å². The van der Waals surface area contributed by atoms with Crippen molar-refractivity contribution in [2.75, 3.05) is 0 Å². The number of carbonyl (C=O) groups is 1. The summed E-state index contributed by atoms with van der Waals surface area (Å²) in [4.78, 5) is 11.1. The van der Waals surface area contributed by atoms with Crippen LogP contribution in [0.1, 0.15) is 24.7 Å². The summed E-state index contributed by atoms with van der Waals surface area (Å²) < 4.78 is 10.9. The molecule has 1 aromatic carbocycles. The number of esters is 1. The molecule has 1 fully saturated rings. The molecule has 1 saturated heterocycles. The average Bonchev–Trinajstić information content (AvgIpc) is 2.98. The molecule has 0 aliphatic carbocycles. The third-order valence-corrected chi connectivity index (χ3v) is 3.21. The van der Waals surface area contributed by atoms with E-state index in [1.807, 2.05) is 36.4 Å². The molecule has 0 saturated carbocycles. The van der Waals surface area contributed by atoms with Crippen molar-refractivity contribution in [1.82, 2.24) is 0 Å². The summed E-state index contributed by atoms with van der Waals surface area (Å²) in [5, 5.41) is 0.690. The van der Waals surface area contributed by atoms with Crippen molar-refractivity contribution in [3.63, 3.8) is 0 Å². The highest BCUT2D eigenvalue weighted by atomic mass is 35.5. The maximum atomic E-state index is 11.1. The molecule has 0 bridgehead atoms. The van der Waals surface area contributed by atoms with Crippen LogP contribution in [0.5, 0.6) is 0 Å². The van der Waals surface area contributed by atoms with E-state index < -0.39 is 0 Å². The lowest BCUT2D eigenvalue weighted by atomic mass is 10.2. The van der Waals surface area contributed by atoms with Gasteiger partial charge < -0.3 is 9.15 Å². The van der Waals surface area contributed by atoms with Crippen LogP contribution in [0.3, 0.4) is 0 Å². The summed E-state index contributed by atoms with van der Waals surface area (Å²) >= 11 is 5.84. The fourth-order valence-corrected chi connectivity index (χ4v) is 2.15. The summed E-state index contributed by atoms with van der Waals surface area (Å²) in [5.41, 5.74) is 0.954. The molecular weight excluding hydrogens is 252 g/mol. The molecule has 92 valence electrons. The van der Waals surface area contributed by atoms with E-state index in [9.17, 15) is 4.79 Å². The van der Waals surface area contributed by atoms with Crippen LogP contribution in [0.15, 0.2) is 40.8 Å². The Morgan fingerprint density at radius 1 is 1.11 bits per heavy atom. The van der Waals surface area contributed by atoms with Crippen molar-refractivity contribution in [3.8, 4) is 11.3 Å². The van der Waals surface area contributed by atoms with Crippen molar-refractivity contribution in [2.24, 2.45) is 0 Å². The van der Waals surface area contributed by atoms with Gasteiger partial charge in [-0.25, -0.2) is 0 Å². The van der Waals surface area contributed by atoms with E-state index >= 15 is 0 Å². The van der Waals surface area contributed by atoms with E-state index in [-0.39, 0.29) is 12.1 Å². The Morgan fingerprint density at radius 3 is 2.56 bits per heavy atom. The van der Waals surface area contributed by atoms with Gasteiger partial charge in [-0.2, -0.15) is 0 Å². The Labute approximate surface area is 109 Å². The average molecular weight is 263 g/mol. The molecule has 1 aliphatic rings. The largest absolute Gasteiger partial charge is 0.457 e. The lowest BCUT2D eigenvalue weighted by molar-refractivity contribution is -0.142. The minimum atomic E-state index is -0.237. The van der Waals surface area contributed by atoms with Crippen LogP contribution >= 0.6 is 11.6 Å². The first-order valence-electron chi connectivity index (χ1n) is 5.77. The monoisotopic (exact) mass is 262 g/mol. The van der Waals surface area contributed by atoms with Crippen molar-refractivity contribution >= 4 is 17.6 Å². The first-order valence-corrected chi connectivity index (χ1v) is 6.15. The van der Waals surface area contributed by atoms with Crippen molar-refractivity contribution in [2.45, 2.75) is 18.9 Å². The van der Waals surface area contributed by atoms with Crippen LogP contribution in [0.25, 0.3) is 11.3 Å². The molecule has 4 heteroatoms. The summed E-state index contributed by atoms with van der Waals surface area (Å²) in [7, 11) is 0. The highest BCUT2D eigenvalue weighted by Gasteiger charge is 2.27. The minimum Gasteiger partial charge on any atom is -0.457 e. The normalized spacial score (nSPS) is 18.9. The fourth-order valence-electron chi connectivity index (χ4n) is 2.02. The number of rotatable bonds is 2. The van der Waals surface area contributed by atoms with E-state index in [4.69, 9.17) is 20.8 Å². The fraction of sp³-hybridized carbons (Fsp3) is 0.214. The number of hydrogen-bond donors (Lipinski definition) is 0. The Hall–Kier alpha value is -1.74. The minimum absolute atomic E-state index is 0.163. The molecule has 2 heterocycles. The van der Waals surface area contributed by atoms with E-state index in [1.165, 1.54) is 0 Å². The van der Waals surface area contributed by atoms with Gasteiger partial charge in [0, 0.05) is 23.4 Å². The number of halogens is 1. The molecule has 1 aliphatic heterocycles. The molecule has 1 atom stereocenters. The molecule has 1 aromatic heterocycles. The Morgan fingerprint density at radius 2 is 1.89 bits per heavy atom. The maximum Gasteiger partial charge on any atom is 0.306 e. The number of cyclic esters (lactones) is 1. The van der Waals surface area contributed by atoms with Gasteiger partial charge in [-0.3, -0.25) is 4.79 Å². The predicted molar refractivity (Wildman–Crippen MR) is 67.2 cm³/mol. The van der Waals surface area contributed by atoms with E-state index in [2.05, 4.69) is 0 Å². The number of ether oxygens (including phenoxy) is 1. The molecule has 3 nitrogen and oxygen atoms in total. The molecule has 2 aromatic rings. The second-order valence-electron chi connectivity index (χ2n) is 4.23. The van der Waals surface area contributed by atoms with Gasteiger partial charge in [0.25, 0.3) is 0 Å². The van der Waals surface area contributed by atoms with Gasteiger partial charge in [0.1, 0.15) is 11.5 Å². The lowest BCUT2D eigenvalue weighted by Gasteiger charge is -2.04. The molecule has 1 unspecified atom stereocenters. The highest BCUT2D eigenvalue weighted by molar-refractivity contribution is 6.30. The topological polar surface area (TPSA) is 39.4 Å². The molecule has 0 spiro atoms. The zero-order valence-corrected chi connectivity index (χ0v) is 10.3. The third-order valence-electron chi connectivity index (χ3n) is 2.96. The standard InChI is InChI=1S/C14H11ClO3/c15-10-3-1-9(2-4-10)11-5-6-12(17-11)13-7-8-14(16)18-13/h1-6,13H,7-8H2. The number of benzene rings is 1. The Balaban J connectivity index is 1.85. The van der Waals surface area contributed by atoms with Gasteiger partial charge in [0.05, 0.1) is 0 Å². The van der Waals surface area contributed by atoms with Gasteiger partial charge >= 0.3 is 5.97 Å². The van der Waals surface area contributed by atoms with E-state index in [0.29, 0.717) is 23.6 Å². The molecule has 3 rings (SSSR count). The van der Waals surface area contributed by atoms with Crippen LogP contribution in [-0.4, -0.2) is 5.97 Å². The molecular formula is C14H11ClO3. The van der Waals surface area contributed by atoms with Crippen molar-refractivity contribution in [1.29, 1.82) is 0 Å². The van der Waals surface area contributed by atoms with Crippen molar-refractivity contribution < 1.29 is 13.9 Å². The molecule has 0 amide bonds. The van der Waals surface area contributed by atoms with Crippen LogP contribution in [0.2, 0.25) is 5.02 Å². The second kappa shape index (κ2) is 4.50. The lowest BCUT2D eigenvalue weighted by Crippen LogP contribution is -1.96. The van der Waals surface area contributed by atoms with E-state index in [0.717, 1.165) is 11.3 Å². The number of furan rings is 1. The third kappa shape index (κ3) is 2.14. The van der Waals surface area contributed by atoms with E-state index in [1.54, 1.807) is 0 Å². The van der Waals surface area contributed by atoms with Gasteiger partial charge in [-0.1, -0.05) is 11.6 Å². The Kier molecular flexibility index (Phi) is 2.84. The summed E-state index contributed by atoms with van der Waals surface area (Å²) in [6.07, 6.45) is 0.909. The van der Waals surface area contributed by atoms with Gasteiger partial charge in [0.2, 0.25) is 0 Å². The summed E-state index contributed by atoms with van der Waals surface area (Å²) in [5.74, 6) is 1.29. The number of carbonyl (C=O) groups excluding carboxylic acids is 1. The van der Waals surface area contributed by atoms with Gasteiger partial charge in [0.15, 0.2) is 6.10 Å². The van der Waals surface area contributed by atoms with Crippen LogP contribution < -0.4 is 0 Å². The quantitative estimate of drug-likeness (QED) is 0.769. The first-order chi connectivity index (χ1) is 8.72. The van der Waals surface area contributed by atoms with Gasteiger partial charge in [-0.15, -0.1) is 0 Å². The van der Waals surface area contributed by atoms with Gasteiger partial charge in [-0.05, 0) is 36.4 Å². The smallest absolute Gasteiger partial charge is 0.306 e. The number of hydrogen-bond acceptors (Lipinski definition) is 3. The molecule has 0 N–H and O–H groups in total. The van der Waals surface area contributed by atoms with Crippen molar-refractivity contribution in [3.05, 3.63) is 47.2 Å². The Bertz CT molecular complexity index is 571. The second-order valence-corrected chi connectivity index (χ2v) is 4.66. The van der Waals surface area contributed by atoms with Crippen LogP contribution in [-0.2, 0) is 9.53 Å². The highest BCUT2D eigenvalue weighted by Crippen LogP contribution is 2.33. The first kappa shape index (κ1) is 11.4. The molecule has 0 radical (unpaired) electrons. The molecule has 18 heavy (non-hydrogen) atoms. The zero-order valence-electron chi connectivity index (χ0n) is 9.56. The summed E-state index contributed by atoms with van der Waals surface area (Å²) in [6, 6.07) is 11.2. The van der Waals surface area contributed by atoms with Crippen LogP contribution in [0.4, 0.5) is 0 Å². The zero-order chi connectivity index (χ0) is 12.5. The SMILES string of the molecule is O=C1CCC(c2ccc(-c3ccc(Cl)cc3)o2)O1. The predicted octanol–water partition coefficient (Wildman–Crippen LogP) is 3.98. The maximum absolute atomic E-state index is 11.1.